The van der Waals surface area contributed by atoms with Crippen LogP contribution in [0.2, 0.25) is 0 Å². The van der Waals surface area contributed by atoms with Crippen LogP contribution in [0.15, 0.2) is 24.3 Å². The van der Waals surface area contributed by atoms with Crippen LogP contribution in [0.4, 0.5) is 0 Å². The molecule has 1 aromatic carbocycles. The molecule has 1 N–H and O–H groups in total. The molecule has 7 heteroatoms. The number of hydrogen-bond acceptors (Lipinski definition) is 4. The van der Waals surface area contributed by atoms with E-state index in [0.717, 1.165) is 36.2 Å². The van der Waals surface area contributed by atoms with Crippen LogP contribution in [-0.4, -0.2) is 50.0 Å². The molecule has 1 spiro atoms. The number of carboxylic acid groups (broad SMARTS) is 1. The first-order valence-electron chi connectivity index (χ1n) is 8.93. The van der Waals surface area contributed by atoms with Crippen LogP contribution in [-0.2, 0) is 4.79 Å². The number of carbonyl (C=O) groups excluding carboxylic acids is 1. The second kappa shape index (κ2) is 5.93. The van der Waals surface area contributed by atoms with E-state index in [-0.39, 0.29) is 17.2 Å². The Kier molecular flexibility index (Phi) is 3.82. The van der Waals surface area contributed by atoms with Gasteiger partial charge in [-0.2, -0.15) is 0 Å². The minimum absolute atomic E-state index is 0.0865. The molecule has 1 saturated carbocycles. The first-order valence-corrected chi connectivity index (χ1v) is 8.93. The van der Waals surface area contributed by atoms with E-state index in [9.17, 15) is 14.7 Å². The van der Waals surface area contributed by atoms with Crippen molar-refractivity contribution >= 4 is 11.9 Å². The minimum atomic E-state index is -0.707. The third-order valence-electron chi connectivity index (χ3n) is 5.88. The maximum absolute atomic E-state index is 12.9. The zero-order valence-corrected chi connectivity index (χ0v) is 15.0. The van der Waals surface area contributed by atoms with E-state index in [1.807, 2.05) is 38.1 Å². The second-order valence-electron chi connectivity index (χ2n) is 7.52. The highest BCUT2D eigenvalue weighted by molar-refractivity contribution is 5.93. The van der Waals surface area contributed by atoms with Gasteiger partial charge in [-0.3, -0.25) is 9.59 Å². The van der Waals surface area contributed by atoms with Crippen molar-refractivity contribution in [1.29, 1.82) is 0 Å². The van der Waals surface area contributed by atoms with Crippen LogP contribution >= 0.6 is 0 Å². The number of likely N-dealkylation sites (tertiary alicyclic amines) is 1. The number of aryl methyl sites for hydroxylation is 1. The van der Waals surface area contributed by atoms with Crippen molar-refractivity contribution in [1.82, 2.24) is 19.9 Å². The van der Waals surface area contributed by atoms with E-state index in [1.54, 1.807) is 9.58 Å². The van der Waals surface area contributed by atoms with Gasteiger partial charge in [-0.1, -0.05) is 17.3 Å². The molecule has 1 saturated heterocycles. The molecule has 136 valence electrons. The number of aromatic nitrogens is 3. The Morgan fingerprint density at radius 3 is 2.58 bits per heavy atom. The summed E-state index contributed by atoms with van der Waals surface area (Å²) in [5.41, 5.74) is 3.00. The zero-order valence-electron chi connectivity index (χ0n) is 15.0. The molecule has 1 atom stereocenters. The molecule has 2 aliphatic rings. The SMILES string of the molecule is Cc1cccc(-n2nnc(C(=O)N3CCC4(CC3)CC4C(=O)O)c2C)c1. The number of benzene rings is 1. The molecule has 2 aromatic rings. The maximum atomic E-state index is 12.9. The van der Waals surface area contributed by atoms with Gasteiger partial charge in [-0.25, -0.2) is 4.68 Å². The zero-order chi connectivity index (χ0) is 18.5. The highest BCUT2D eigenvalue weighted by Gasteiger charge is 2.59. The molecule has 1 unspecified atom stereocenters. The Morgan fingerprint density at radius 1 is 1.23 bits per heavy atom. The van der Waals surface area contributed by atoms with Crippen molar-refractivity contribution in [3.8, 4) is 5.69 Å². The van der Waals surface area contributed by atoms with Crippen LogP contribution in [0.25, 0.3) is 5.69 Å². The summed E-state index contributed by atoms with van der Waals surface area (Å²) in [5, 5.41) is 17.5. The van der Waals surface area contributed by atoms with Gasteiger partial charge < -0.3 is 10.0 Å². The molecular formula is C19H22N4O3. The van der Waals surface area contributed by atoms with Gasteiger partial charge in [0, 0.05) is 13.1 Å². The number of amides is 1. The number of hydrogen-bond donors (Lipinski definition) is 1. The Balaban J connectivity index is 1.49. The van der Waals surface area contributed by atoms with Crippen LogP contribution in [0.3, 0.4) is 0 Å². The number of carbonyl (C=O) groups is 2. The number of carboxylic acids is 1. The van der Waals surface area contributed by atoms with Crippen molar-refractivity contribution in [3.63, 3.8) is 0 Å². The monoisotopic (exact) mass is 354 g/mol. The summed E-state index contributed by atoms with van der Waals surface area (Å²) in [6.07, 6.45) is 2.24. The second-order valence-corrected chi connectivity index (χ2v) is 7.52. The number of piperidine rings is 1. The van der Waals surface area contributed by atoms with Crippen LogP contribution in [0.5, 0.6) is 0 Å². The smallest absolute Gasteiger partial charge is 0.307 e. The van der Waals surface area contributed by atoms with Crippen molar-refractivity contribution in [2.75, 3.05) is 13.1 Å². The fraction of sp³-hybridized carbons (Fsp3) is 0.474. The fourth-order valence-electron chi connectivity index (χ4n) is 4.09. The summed E-state index contributed by atoms with van der Waals surface area (Å²) in [7, 11) is 0. The summed E-state index contributed by atoms with van der Waals surface area (Å²) in [4.78, 5) is 25.8. The van der Waals surface area contributed by atoms with Crippen LogP contribution in [0, 0.1) is 25.2 Å². The molecule has 26 heavy (non-hydrogen) atoms. The molecule has 1 aromatic heterocycles. The lowest BCUT2D eigenvalue weighted by atomic mass is 9.90. The van der Waals surface area contributed by atoms with Gasteiger partial charge >= 0.3 is 5.97 Å². The van der Waals surface area contributed by atoms with Gasteiger partial charge in [-0.05, 0) is 56.2 Å². The van der Waals surface area contributed by atoms with Crippen molar-refractivity contribution in [2.24, 2.45) is 11.3 Å². The average Bonchev–Trinajstić information content (AvgIpc) is 3.18. The molecule has 1 aliphatic carbocycles. The largest absolute Gasteiger partial charge is 0.481 e. The molecular weight excluding hydrogens is 332 g/mol. The predicted molar refractivity (Wildman–Crippen MR) is 94.1 cm³/mol. The fourth-order valence-corrected chi connectivity index (χ4v) is 4.09. The maximum Gasteiger partial charge on any atom is 0.307 e. The molecule has 2 fully saturated rings. The van der Waals surface area contributed by atoms with Gasteiger partial charge in [0.25, 0.3) is 5.91 Å². The van der Waals surface area contributed by atoms with E-state index >= 15 is 0 Å². The van der Waals surface area contributed by atoms with Gasteiger partial charge in [-0.15, -0.1) is 5.10 Å². The molecule has 1 aliphatic heterocycles. The van der Waals surface area contributed by atoms with E-state index in [1.165, 1.54) is 0 Å². The van der Waals surface area contributed by atoms with Gasteiger partial charge in [0.2, 0.25) is 0 Å². The Hall–Kier alpha value is -2.70. The number of aliphatic carboxylic acids is 1. The number of nitrogens with zero attached hydrogens (tertiary/aromatic N) is 4. The molecule has 0 radical (unpaired) electrons. The molecule has 0 bridgehead atoms. The van der Waals surface area contributed by atoms with Crippen LogP contribution < -0.4 is 0 Å². The van der Waals surface area contributed by atoms with E-state index < -0.39 is 5.97 Å². The minimum Gasteiger partial charge on any atom is -0.481 e. The van der Waals surface area contributed by atoms with E-state index in [0.29, 0.717) is 18.8 Å². The van der Waals surface area contributed by atoms with E-state index in [4.69, 9.17) is 0 Å². The standard InChI is InChI=1S/C19H22N4O3/c1-12-4-3-5-14(10-12)23-13(2)16(20-21-23)17(24)22-8-6-19(7-9-22)11-15(19)18(25)26/h3-5,10,15H,6-9,11H2,1-2H3,(H,25,26). The lowest BCUT2D eigenvalue weighted by Gasteiger charge is -2.32. The Bertz CT molecular complexity index is 881. The van der Waals surface area contributed by atoms with Crippen molar-refractivity contribution in [2.45, 2.75) is 33.1 Å². The normalized spacial score (nSPS) is 21.0. The molecule has 1 amide bonds. The summed E-state index contributed by atoms with van der Waals surface area (Å²) in [6, 6.07) is 7.89. The summed E-state index contributed by atoms with van der Waals surface area (Å²) in [6.45, 7) is 5.02. The van der Waals surface area contributed by atoms with Gasteiger partial charge in [0.1, 0.15) is 0 Å². The molecule has 4 rings (SSSR count). The lowest BCUT2D eigenvalue weighted by molar-refractivity contribution is -0.139. The third-order valence-corrected chi connectivity index (χ3v) is 5.88. The van der Waals surface area contributed by atoms with Crippen molar-refractivity contribution < 1.29 is 14.7 Å². The van der Waals surface area contributed by atoms with Gasteiger partial charge in [0.15, 0.2) is 5.69 Å². The van der Waals surface area contributed by atoms with E-state index in [2.05, 4.69) is 10.3 Å². The molecule has 7 nitrogen and oxygen atoms in total. The lowest BCUT2D eigenvalue weighted by Crippen LogP contribution is -2.40. The highest BCUT2D eigenvalue weighted by Crippen LogP contribution is 2.59. The summed E-state index contributed by atoms with van der Waals surface area (Å²) < 4.78 is 1.69. The quantitative estimate of drug-likeness (QED) is 0.913. The Morgan fingerprint density at radius 2 is 1.96 bits per heavy atom. The van der Waals surface area contributed by atoms with Crippen LogP contribution in [0.1, 0.15) is 41.0 Å². The summed E-state index contributed by atoms with van der Waals surface area (Å²) in [5.74, 6) is -1.06. The first-order chi connectivity index (χ1) is 12.4. The topological polar surface area (TPSA) is 88.3 Å². The molecule has 2 heterocycles. The van der Waals surface area contributed by atoms with Crippen molar-refractivity contribution in [3.05, 3.63) is 41.2 Å². The number of rotatable bonds is 3. The highest BCUT2D eigenvalue weighted by atomic mass is 16.4. The third kappa shape index (κ3) is 2.67. The average molecular weight is 354 g/mol. The predicted octanol–water partition coefficient (Wildman–Crippen LogP) is 2.21. The summed E-state index contributed by atoms with van der Waals surface area (Å²) >= 11 is 0. The first kappa shape index (κ1) is 16.8. The Labute approximate surface area is 151 Å². The van der Waals surface area contributed by atoms with Gasteiger partial charge in [0.05, 0.1) is 17.3 Å².